The maximum atomic E-state index is 5.23. The Bertz CT molecular complexity index is 326. The van der Waals surface area contributed by atoms with E-state index in [9.17, 15) is 0 Å². The van der Waals surface area contributed by atoms with Crippen molar-refractivity contribution in [2.24, 2.45) is 0 Å². The molecule has 96 valence electrons. The van der Waals surface area contributed by atoms with Gasteiger partial charge in [0, 0.05) is 6.04 Å². The molecule has 0 heterocycles. The van der Waals surface area contributed by atoms with Crippen LogP contribution in [0.5, 0.6) is 5.75 Å². The van der Waals surface area contributed by atoms with Crippen LogP contribution in [0.3, 0.4) is 0 Å². The van der Waals surface area contributed by atoms with Crippen molar-refractivity contribution in [3.8, 4) is 5.75 Å². The molecule has 0 amide bonds. The summed E-state index contributed by atoms with van der Waals surface area (Å²) in [6.45, 7) is 4.35. The van der Waals surface area contributed by atoms with E-state index < -0.39 is 0 Å². The van der Waals surface area contributed by atoms with Crippen molar-refractivity contribution in [2.75, 3.05) is 34.3 Å². The summed E-state index contributed by atoms with van der Waals surface area (Å²) in [5.74, 6) is 0.921. The molecule has 0 saturated carbocycles. The number of ether oxygens (including phenoxy) is 1. The van der Waals surface area contributed by atoms with E-state index in [1.54, 1.807) is 7.11 Å². The van der Waals surface area contributed by atoms with Gasteiger partial charge in [0.1, 0.15) is 5.75 Å². The minimum Gasteiger partial charge on any atom is -0.497 e. The maximum absolute atomic E-state index is 5.23. The molecule has 0 fully saturated rings. The van der Waals surface area contributed by atoms with Crippen molar-refractivity contribution < 1.29 is 4.74 Å². The highest BCUT2D eigenvalue weighted by Crippen LogP contribution is 2.18. The summed E-state index contributed by atoms with van der Waals surface area (Å²) in [4.78, 5) is 2.21. The van der Waals surface area contributed by atoms with Gasteiger partial charge < -0.3 is 15.0 Å². The van der Waals surface area contributed by atoms with Crippen molar-refractivity contribution >= 4 is 0 Å². The van der Waals surface area contributed by atoms with Crippen molar-refractivity contribution in [1.29, 1.82) is 0 Å². The first kappa shape index (κ1) is 14.0. The third-order valence-electron chi connectivity index (χ3n) is 2.83. The molecule has 0 saturated heterocycles. The highest BCUT2D eigenvalue weighted by Gasteiger charge is 2.05. The van der Waals surface area contributed by atoms with Gasteiger partial charge in [-0.2, -0.15) is 0 Å². The Balaban J connectivity index is 2.38. The minimum absolute atomic E-state index is 0.368. The molecular formula is C14H24N2O. The maximum Gasteiger partial charge on any atom is 0.119 e. The van der Waals surface area contributed by atoms with Crippen LogP contribution < -0.4 is 10.1 Å². The molecule has 3 nitrogen and oxygen atoms in total. The van der Waals surface area contributed by atoms with Crippen LogP contribution >= 0.6 is 0 Å². The van der Waals surface area contributed by atoms with E-state index >= 15 is 0 Å². The Morgan fingerprint density at radius 1 is 1.35 bits per heavy atom. The molecule has 0 bridgehead atoms. The van der Waals surface area contributed by atoms with Gasteiger partial charge in [0.2, 0.25) is 0 Å². The van der Waals surface area contributed by atoms with E-state index in [0.717, 1.165) is 18.8 Å². The average Bonchev–Trinajstić information content (AvgIpc) is 2.34. The second kappa shape index (κ2) is 7.30. The zero-order valence-corrected chi connectivity index (χ0v) is 11.4. The Morgan fingerprint density at radius 2 is 2.12 bits per heavy atom. The number of hydrogen-bond acceptors (Lipinski definition) is 3. The molecular weight excluding hydrogens is 212 g/mol. The normalized spacial score (nSPS) is 12.8. The number of rotatable bonds is 7. The number of hydrogen-bond donors (Lipinski definition) is 1. The van der Waals surface area contributed by atoms with Crippen LogP contribution in [-0.2, 0) is 0 Å². The second-order valence-electron chi connectivity index (χ2n) is 4.61. The number of nitrogens with zero attached hydrogens (tertiary/aromatic N) is 1. The quantitative estimate of drug-likeness (QED) is 0.735. The second-order valence-corrected chi connectivity index (χ2v) is 4.61. The van der Waals surface area contributed by atoms with Crippen LogP contribution in [-0.4, -0.2) is 39.2 Å². The molecule has 0 aliphatic carbocycles. The Morgan fingerprint density at radius 3 is 2.76 bits per heavy atom. The smallest absolute Gasteiger partial charge is 0.119 e. The molecule has 0 radical (unpaired) electrons. The number of nitrogens with one attached hydrogen (secondary N) is 1. The summed E-state index contributed by atoms with van der Waals surface area (Å²) < 4.78 is 5.23. The van der Waals surface area contributed by atoms with Gasteiger partial charge in [-0.05, 0) is 58.2 Å². The van der Waals surface area contributed by atoms with Crippen molar-refractivity contribution in [2.45, 2.75) is 19.4 Å². The van der Waals surface area contributed by atoms with Crippen LogP contribution in [0, 0.1) is 0 Å². The van der Waals surface area contributed by atoms with Crippen LogP contribution in [0.2, 0.25) is 0 Å². The summed E-state index contributed by atoms with van der Waals surface area (Å²) in [5, 5.41) is 3.52. The molecule has 0 spiro atoms. The molecule has 0 aliphatic rings. The van der Waals surface area contributed by atoms with E-state index in [1.807, 2.05) is 12.1 Å². The van der Waals surface area contributed by atoms with Crippen LogP contribution in [0.1, 0.15) is 24.9 Å². The van der Waals surface area contributed by atoms with Crippen molar-refractivity contribution in [1.82, 2.24) is 10.2 Å². The lowest BCUT2D eigenvalue weighted by atomic mass is 10.1. The van der Waals surface area contributed by atoms with Crippen LogP contribution in [0.15, 0.2) is 24.3 Å². The first-order valence-electron chi connectivity index (χ1n) is 6.15. The molecule has 1 aromatic rings. The minimum atomic E-state index is 0.368. The molecule has 0 aromatic heterocycles. The molecule has 0 unspecified atom stereocenters. The zero-order chi connectivity index (χ0) is 12.7. The Labute approximate surface area is 105 Å². The van der Waals surface area contributed by atoms with Crippen molar-refractivity contribution in [3.63, 3.8) is 0 Å². The average molecular weight is 236 g/mol. The first-order valence-corrected chi connectivity index (χ1v) is 6.15. The molecule has 0 aliphatic heterocycles. The summed E-state index contributed by atoms with van der Waals surface area (Å²) in [6, 6.07) is 8.59. The van der Waals surface area contributed by atoms with Gasteiger partial charge in [-0.15, -0.1) is 0 Å². The van der Waals surface area contributed by atoms with Gasteiger partial charge >= 0.3 is 0 Å². The Kier molecular flexibility index (Phi) is 6.01. The van der Waals surface area contributed by atoms with E-state index in [1.165, 1.54) is 12.0 Å². The van der Waals surface area contributed by atoms with Gasteiger partial charge in [-0.25, -0.2) is 0 Å². The molecule has 3 heteroatoms. The van der Waals surface area contributed by atoms with E-state index in [-0.39, 0.29) is 0 Å². The Hall–Kier alpha value is -1.06. The fraction of sp³-hybridized carbons (Fsp3) is 0.571. The first-order chi connectivity index (χ1) is 8.13. The lowest BCUT2D eigenvalue weighted by Crippen LogP contribution is -2.23. The lowest BCUT2D eigenvalue weighted by molar-refractivity contribution is 0.388. The van der Waals surface area contributed by atoms with Crippen LogP contribution in [0.4, 0.5) is 0 Å². The molecule has 1 N–H and O–H groups in total. The summed E-state index contributed by atoms with van der Waals surface area (Å²) >= 11 is 0. The fourth-order valence-corrected chi connectivity index (χ4v) is 1.74. The SMILES string of the molecule is COc1cccc([C@@H](C)NCCCN(C)C)c1. The molecule has 1 atom stereocenters. The van der Waals surface area contributed by atoms with E-state index in [4.69, 9.17) is 4.74 Å². The number of benzene rings is 1. The monoisotopic (exact) mass is 236 g/mol. The fourth-order valence-electron chi connectivity index (χ4n) is 1.74. The third kappa shape index (κ3) is 5.20. The van der Waals surface area contributed by atoms with Crippen molar-refractivity contribution in [3.05, 3.63) is 29.8 Å². The summed E-state index contributed by atoms with van der Waals surface area (Å²) in [6.07, 6.45) is 1.17. The van der Waals surface area contributed by atoms with Gasteiger partial charge in [-0.1, -0.05) is 12.1 Å². The van der Waals surface area contributed by atoms with Gasteiger partial charge in [0.05, 0.1) is 7.11 Å². The highest BCUT2D eigenvalue weighted by atomic mass is 16.5. The van der Waals surface area contributed by atoms with Gasteiger partial charge in [0.15, 0.2) is 0 Å². The predicted molar refractivity (Wildman–Crippen MR) is 72.6 cm³/mol. The topological polar surface area (TPSA) is 24.5 Å². The highest BCUT2D eigenvalue weighted by molar-refractivity contribution is 5.30. The third-order valence-corrected chi connectivity index (χ3v) is 2.83. The number of methoxy groups -OCH3 is 1. The molecule has 1 aromatic carbocycles. The van der Waals surface area contributed by atoms with Crippen LogP contribution in [0.25, 0.3) is 0 Å². The zero-order valence-electron chi connectivity index (χ0n) is 11.4. The van der Waals surface area contributed by atoms with E-state index in [2.05, 4.69) is 43.4 Å². The largest absolute Gasteiger partial charge is 0.497 e. The van der Waals surface area contributed by atoms with Gasteiger partial charge in [-0.3, -0.25) is 0 Å². The summed E-state index contributed by atoms with van der Waals surface area (Å²) in [7, 11) is 5.91. The lowest BCUT2D eigenvalue weighted by Gasteiger charge is -2.16. The van der Waals surface area contributed by atoms with E-state index in [0.29, 0.717) is 6.04 Å². The molecule has 17 heavy (non-hydrogen) atoms. The standard InChI is InChI=1S/C14H24N2O/c1-12(15-9-6-10-16(2)3)13-7-5-8-14(11-13)17-4/h5,7-8,11-12,15H,6,9-10H2,1-4H3/t12-/m1/s1. The predicted octanol–water partition coefficient (Wildman–Crippen LogP) is 2.30. The summed E-state index contributed by atoms with van der Waals surface area (Å²) in [5.41, 5.74) is 1.27. The van der Waals surface area contributed by atoms with Gasteiger partial charge in [0.25, 0.3) is 0 Å². The molecule has 1 rings (SSSR count).